The number of halogens is 1. The maximum atomic E-state index is 11.7. The van der Waals surface area contributed by atoms with Gasteiger partial charge in [-0.2, -0.15) is 0 Å². The van der Waals surface area contributed by atoms with Gasteiger partial charge in [-0.05, 0) is 23.3 Å². The van der Waals surface area contributed by atoms with Crippen LogP contribution in [0, 0.1) is 0 Å². The van der Waals surface area contributed by atoms with Crippen molar-refractivity contribution in [3.63, 3.8) is 0 Å². The van der Waals surface area contributed by atoms with E-state index in [1.165, 1.54) is 6.07 Å². The number of hydrogen-bond acceptors (Lipinski definition) is 3. The second-order valence-corrected chi connectivity index (χ2v) is 5.86. The van der Waals surface area contributed by atoms with Crippen LogP contribution in [-0.2, 0) is 6.61 Å². The molecule has 0 aliphatic heterocycles. The summed E-state index contributed by atoms with van der Waals surface area (Å²) in [5.41, 5.74) is 2.20. The monoisotopic (exact) mass is 373 g/mol. The number of hydrogen-bond donors (Lipinski definition) is 2. The van der Waals surface area contributed by atoms with E-state index in [0.717, 1.165) is 16.5 Å². The minimum atomic E-state index is -0.647. The van der Waals surface area contributed by atoms with Gasteiger partial charge in [0, 0.05) is 16.8 Å². The van der Waals surface area contributed by atoms with Gasteiger partial charge in [0.1, 0.15) is 12.4 Å². The van der Waals surface area contributed by atoms with E-state index in [0.29, 0.717) is 23.2 Å². The maximum Gasteiger partial charge on any atom is 0.248 e. The van der Waals surface area contributed by atoms with Crippen molar-refractivity contribution in [3.8, 4) is 5.75 Å². The molecule has 0 aliphatic carbocycles. The molecule has 0 aliphatic rings. The summed E-state index contributed by atoms with van der Waals surface area (Å²) in [6.45, 7) is 0.410. The molecular formula is C18H16BrNO3. The van der Waals surface area contributed by atoms with Crippen molar-refractivity contribution in [2.75, 3.05) is 5.33 Å². The van der Waals surface area contributed by atoms with Gasteiger partial charge in [-0.15, -0.1) is 0 Å². The lowest BCUT2D eigenvalue weighted by molar-refractivity contribution is 0.207. The number of nitrogens with one attached hydrogen (secondary N) is 1. The number of pyridine rings is 1. The Kier molecular flexibility index (Phi) is 4.79. The lowest BCUT2D eigenvalue weighted by atomic mass is 10.0. The summed E-state index contributed by atoms with van der Waals surface area (Å²) in [5.74, 6) is 0.590. The van der Waals surface area contributed by atoms with Crippen LogP contribution in [0.15, 0.2) is 59.4 Å². The summed E-state index contributed by atoms with van der Waals surface area (Å²) >= 11 is 3.28. The molecule has 5 heteroatoms. The van der Waals surface area contributed by atoms with E-state index in [9.17, 15) is 9.90 Å². The van der Waals surface area contributed by atoms with Crippen LogP contribution in [-0.4, -0.2) is 15.4 Å². The summed E-state index contributed by atoms with van der Waals surface area (Å²) in [6, 6.07) is 16.6. The number of fused-ring (bicyclic) bond motifs is 1. The molecule has 2 aromatic carbocycles. The zero-order valence-corrected chi connectivity index (χ0v) is 13.9. The third-order valence-electron chi connectivity index (χ3n) is 3.63. The number of alkyl halides is 1. The molecule has 0 spiro atoms. The van der Waals surface area contributed by atoms with Crippen LogP contribution in [0.5, 0.6) is 5.75 Å². The van der Waals surface area contributed by atoms with Gasteiger partial charge < -0.3 is 14.8 Å². The van der Waals surface area contributed by atoms with Gasteiger partial charge in [0.05, 0.1) is 11.6 Å². The predicted molar refractivity (Wildman–Crippen MR) is 94.1 cm³/mol. The molecule has 3 rings (SSSR count). The first-order chi connectivity index (χ1) is 11.2. The Morgan fingerprint density at radius 3 is 2.61 bits per heavy atom. The van der Waals surface area contributed by atoms with E-state index in [1.807, 2.05) is 36.4 Å². The summed E-state index contributed by atoms with van der Waals surface area (Å²) in [4.78, 5) is 14.5. The minimum Gasteiger partial charge on any atom is -0.487 e. The second kappa shape index (κ2) is 6.98. The molecular weight excluding hydrogens is 358 g/mol. The van der Waals surface area contributed by atoms with Crippen molar-refractivity contribution in [2.24, 2.45) is 0 Å². The SMILES string of the molecule is O=c1ccc2c(C(O)CBr)ccc(OCc3ccccc3)c2[nH]1. The first-order valence-electron chi connectivity index (χ1n) is 7.25. The molecule has 1 atom stereocenters. The van der Waals surface area contributed by atoms with Gasteiger partial charge in [-0.3, -0.25) is 4.79 Å². The van der Waals surface area contributed by atoms with E-state index in [2.05, 4.69) is 20.9 Å². The average Bonchev–Trinajstić information content (AvgIpc) is 2.59. The largest absolute Gasteiger partial charge is 0.487 e. The van der Waals surface area contributed by atoms with E-state index in [-0.39, 0.29) is 5.56 Å². The quantitative estimate of drug-likeness (QED) is 0.672. The minimum absolute atomic E-state index is 0.201. The number of aliphatic hydroxyl groups excluding tert-OH is 1. The van der Waals surface area contributed by atoms with Crippen LogP contribution >= 0.6 is 15.9 Å². The molecule has 0 fully saturated rings. The fraction of sp³-hybridized carbons (Fsp3) is 0.167. The van der Waals surface area contributed by atoms with Crippen LogP contribution in [0.1, 0.15) is 17.2 Å². The third kappa shape index (κ3) is 3.46. The Labute approximate surface area is 141 Å². The highest BCUT2D eigenvalue weighted by atomic mass is 79.9. The summed E-state index contributed by atoms with van der Waals surface area (Å²) < 4.78 is 5.87. The van der Waals surface area contributed by atoms with Gasteiger partial charge in [0.25, 0.3) is 0 Å². The highest BCUT2D eigenvalue weighted by Gasteiger charge is 2.14. The second-order valence-electron chi connectivity index (χ2n) is 5.21. The zero-order chi connectivity index (χ0) is 16.2. The smallest absolute Gasteiger partial charge is 0.248 e. The Balaban J connectivity index is 2.00. The number of aromatic amines is 1. The van der Waals surface area contributed by atoms with Crippen molar-refractivity contribution in [1.82, 2.24) is 4.98 Å². The molecule has 2 N–H and O–H groups in total. The number of benzene rings is 2. The molecule has 0 amide bonds. The Morgan fingerprint density at radius 1 is 1.09 bits per heavy atom. The Bertz CT molecular complexity index is 861. The average molecular weight is 374 g/mol. The topological polar surface area (TPSA) is 62.3 Å². The van der Waals surface area contributed by atoms with E-state index < -0.39 is 6.10 Å². The van der Waals surface area contributed by atoms with Crippen molar-refractivity contribution in [3.05, 3.63) is 76.1 Å². The van der Waals surface area contributed by atoms with Crippen molar-refractivity contribution < 1.29 is 9.84 Å². The molecule has 0 bridgehead atoms. The molecule has 3 aromatic rings. The first kappa shape index (κ1) is 15.8. The fourth-order valence-corrected chi connectivity index (χ4v) is 2.83. The molecule has 0 saturated carbocycles. The van der Waals surface area contributed by atoms with Gasteiger partial charge in [0.2, 0.25) is 5.56 Å². The third-order valence-corrected chi connectivity index (χ3v) is 4.25. The number of ether oxygens (including phenoxy) is 1. The Morgan fingerprint density at radius 2 is 1.87 bits per heavy atom. The molecule has 1 unspecified atom stereocenters. The standard InChI is InChI=1S/C18H16BrNO3/c19-10-15(21)13-6-8-16(18-14(13)7-9-17(22)20-18)23-11-12-4-2-1-3-5-12/h1-9,15,21H,10-11H2,(H,20,22). The molecule has 4 nitrogen and oxygen atoms in total. The summed E-state index contributed by atoms with van der Waals surface area (Å²) in [5, 5.41) is 11.3. The highest BCUT2D eigenvalue weighted by molar-refractivity contribution is 9.09. The molecule has 1 heterocycles. The van der Waals surface area contributed by atoms with Crippen LogP contribution in [0.25, 0.3) is 10.9 Å². The molecule has 0 radical (unpaired) electrons. The maximum absolute atomic E-state index is 11.7. The van der Waals surface area contributed by atoms with Crippen molar-refractivity contribution >= 4 is 26.8 Å². The van der Waals surface area contributed by atoms with Crippen molar-refractivity contribution in [1.29, 1.82) is 0 Å². The van der Waals surface area contributed by atoms with Gasteiger partial charge in [-0.1, -0.05) is 52.3 Å². The highest BCUT2D eigenvalue weighted by Crippen LogP contribution is 2.30. The van der Waals surface area contributed by atoms with Gasteiger partial charge >= 0.3 is 0 Å². The van der Waals surface area contributed by atoms with Crippen LogP contribution < -0.4 is 10.3 Å². The normalized spacial score (nSPS) is 12.3. The molecule has 118 valence electrons. The molecule has 23 heavy (non-hydrogen) atoms. The molecule has 1 aromatic heterocycles. The van der Waals surface area contributed by atoms with Crippen LogP contribution in [0.4, 0.5) is 0 Å². The molecule has 0 saturated heterocycles. The van der Waals surface area contributed by atoms with E-state index in [4.69, 9.17) is 4.74 Å². The first-order valence-corrected chi connectivity index (χ1v) is 8.38. The van der Waals surface area contributed by atoms with Gasteiger partial charge in [0.15, 0.2) is 0 Å². The van der Waals surface area contributed by atoms with Crippen LogP contribution in [0.2, 0.25) is 0 Å². The van der Waals surface area contributed by atoms with Crippen molar-refractivity contribution in [2.45, 2.75) is 12.7 Å². The van der Waals surface area contributed by atoms with E-state index in [1.54, 1.807) is 12.1 Å². The summed E-state index contributed by atoms with van der Waals surface area (Å²) in [6.07, 6.45) is -0.647. The fourth-order valence-electron chi connectivity index (χ4n) is 2.48. The number of rotatable bonds is 5. The summed E-state index contributed by atoms with van der Waals surface area (Å²) in [7, 11) is 0. The number of aliphatic hydroxyl groups is 1. The number of H-pyrrole nitrogens is 1. The number of aromatic nitrogens is 1. The van der Waals surface area contributed by atoms with Crippen LogP contribution in [0.3, 0.4) is 0 Å². The zero-order valence-electron chi connectivity index (χ0n) is 12.3. The predicted octanol–water partition coefficient (Wildman–Crippen LogP) is 3.54. The lowest BCUT2D eigenvalue weighted by Crippen LogP contribution is -2.07. The van der Waals surface area contributed by atoms with E-state index >= 15 is 0 Å². The Hall–Kier alpha value is -2.11. The lowest BCUT2D eigenvalue weighted by Gasteiger charge is -2.14. The van der Waals surface area contributed by atoms with Gasteiger partial charge in [-0.25, -0.2) is 0 Å².